The minimum absolute atomic E-state index is 0. The highest BCUT2D eigenvalue weighted by molar-refractivity contribution is 14.0. The van der Waals surface area contributed by atoms with Gasteiger partial charge in [-0.15, -0.1) is 24.0 Å². The molecular formula is C15H23F3IN3O2. The zero-order valence-corrected chi connectivity index (χ0v) is 16.2. The summed E-state index contributed by atoms with van der Waals surface area (Å²) in [4.78, 5) is 4.03. The molecule has 0 heterocycles. The van der Waals surface area contributed by atoms with Gasteiger partial charge < -0.3 is 20.1 Å². The fourth-order valence-corrected chi connectivity index (χ4v) is 1.89. The topological polar surface area (TPSA) is 54.9 Å². The molecule has 0 aliphatic carbocycles. The zero-order chi connectivity index (χ0) is 17.3. The van der Waals surface area contributed by atoms with Crippen molar-refractivity contribution in [2.45, 2.75) is 25.4 Å². The Kier molecular flexibility index (Phi) is 10.6. The summed E-state index contributed by atoms with van der Waals surface area (Å²) in [5.74, 6) is 1.65. The van der Waals surface area contributed by atoms with E-state index in [1.165, 1.54) is 7.11 Å². The number of guanidine groups is 1. The Balaban J connectivity index is 0.00000529. The summed E-state index contributed by atoms with van der Waals surface area (Å²) >= 11 is 0. The highest BCUT2D eigenvalue weighted by Gasteiger charge is 2.25. The van der Waals surface area contributed by atoms with Crippen LogP contribution < -0.4 is 20.1 Å². The molecule has 0 bridgehead atoms. The number of nitrogens with one attached hydrogen (secondary N) is 2. The van der Waals surface area contributed by atoms with Crippen LogP contribution in [0.1, 0.15) is 19.3 Å². The van der Waals surface area contributed by atoms with E-state index in [1.807, 2.05) is 0 Å². The van der Waals surface area contributed by atoms with E-state index in [1.54, 1.807) is 32.4 Å². The average Bonchev–Trinajstić information content (AvgIpc) is 2.52. The van der Waals surface area contributed by atoms with E-state index in [0.29, 0.717) is 30.4 Å². The van der Waals surface area contributed by atoms with Crippen LogP contribution in [0.3, 0.4) is 0 Å². The van der Waals surface area contributed by atoms with Crippen molar-refractivity contribution < 1.29 is 22.6 Å². The molecule has 0 aliphatic rings. The number of halogens is 4. The van der Waals surface area contributed by atoms with Crippen molar-refractivity contribution in [3.05, 3.63) is 18.2 Å². The highest BCUT2D eigenvalue weighted by atomic mass is 127. The summed E-state index contributed by atoms with van der Waals surface area (Å²) in [6.07, 6.45) is -4.37. The average molecular weight is 461 g/mol. The zero-order valence-electron chi connectivity index (χ0n) is 13.9. The lowest BCUT2D eigenvalue weighted by Crippen LogP contribution is -2.31. The van der Waals surface area contributed by atoms with Gasteiger partial charge in [0.2, 0.25) is 0 Å². The van der Waals surface area contributed by atoms with E-state index in [0.717, 1.165) is 5.69 Å². The molecule has 9 heteroatoms. The number of ether oxygens (including phenoxy) is 2. The van der Waals surface area contributed by atoms with Gasteiger partial charge in [0.25, 0.3) is 0 Å². The van der Waals surface area contributed by atoms with Gasteiger partial charge in [-0.1, -0.05) is 0 Å². The van der Waals surface area contributed by atoms with Crippen LogP contribution in [0, 0.1) is 0 Å². The van der Waals surface area contributed by atoms with Gasteiger partial charge in [-0.25, -0.2) is 0 Å². The first-order valence-corrected chi connectivity index (χ1v) is 7.16. The summed E-state index contributed by atoms with van der Waals surface area (Å²) in [6, 6.07) is 5.28. The van der Waals surface area contributed by atoms with Crippen molar-refractivity contribution in [3.8, 4) is 11.5 Å². The second kappa shape index (κ2) is 11.2. The maximum Gasteiger partial charge on any atom is 0.389 e. The minimum atomic E-state index is -4.10. The largest absolute Gasteiger partial charge is 0.493 e. The lowest BCUT2D eigenvalue weighted by molar-refractivity contribution is -0.135. The van der Waals surface area contributed by atoms with Crippen molar-refractivity contribution in [1.29, 1.82) is 0 Å². The van der Waals surface area contributed by atoms with Crippen LogP contribution in [0.4, 0.5) is 18.9 Å². The first-order valence-electron chi connectivity index (χ1n) is 7.16. The van der Waals surface area contributed by atoms with Crippen molar-refractivity contribution >= 4 is 35.6 Å². The van der Waals surface area contributed by atoms with Crippen LogP contribution in [-0.4, -0.2) is 39.9 Å². The monoisotopic (exact) mass is 461 g/mol. The Labute approximate surface area is 157 Å². The quantitative estimate of drug-likeness (QED) is 0.279. The Morgan fingerprint density at radius 1 is 1.12 bits per heavy atom. The van der Waals surface area contributed by atoms with Crippen molar-refractivity contribution in [2.75, 3.05) is 33.1 Å². The molecule has 0 atom stereocenters. The highest BCUT2D eigenvalue weighted by Crippen LogP contribution is 2.29. The summed E-state index contributed by atoms with van der Waals surface area (Å²) in [5, 5.41) is 6.01. The molecule has 0 amide bonds. The molecular weight excluding hydrogens is 438 g/mol. The van der Waals surface area contributed by atoms with E-state index >= 15 is 0 Å². The number of rotatable bonds is 7. The van der Waals surface area contributed by atoms with Crippen LogP contribution in [0.15, 0.2) is 23.2 Å². The van der Waals surface area contributed by atoms with E-state index in [4.69, 9.17) is 9.47 Å². The van der Waals surface area contributed by atoms with Crippen molar-refractivity contribution in [1.82, 2.24) is 5.32 Å². The first-order chi connectivity index (χ1) is 10.9. The van der Waals surface area contributed by atoms with E-state index in [-0.39, 0.29) is 30.4 Å². The molecule has 138 valence electrons. The van der Waals surface area contributed by atoms with Gasteiger partial charge in [0, 0.05) is 31.8 Å². The van der Waals surface area contributed by atoms with Gasteiger partial charge >= 0.3 is 6.18 Å². The molecule has 0 saturated heterocycles. The molecule has 24 heavy (non-hydrogen) atoms. The number of alkyl halides is 3. The lowest BCUT2D eigenvalue weighted by Gasteiger charge is -2.14. The Hall–Kier alpha value is -1.39. The van der Waals surface area contributed by atoms with Crippen LogP contribution in [0.2, 0.25) is 0 Å². The number of hydrogen-bond donors (Lipinski definition) is 2. The Morgan fingerprint density at radius 3 is 2.33 bits per heavy atom. The van der Waals surface area contributed by atoms with E-state index in [9.17, 15) is 13.2 Å². The van der Waals surface area contributed by atoms with Crippen molar-refractivity contribution in [2.24, 2.45) is 4.99 Å². The van der Waals surface area contributed by atoms with Gasteiger partial charge in [-0.2, -0.15) is 13.2 Å². The molecule has 5 nitrogen and oxygen atoms in total. The minimum Gasteiger partial charge on any atom is -0.493 e. The fourth-order valence-electron chi connectivity index (χ4n) is 1.89. The Morgan fingerprint density at radius 2 is 1.79 bits per heavy atom. The van der Waals surface area contributed by atoms with Crippen LogP contribution in [-0.2, 0) is 0 Å². The Bertz CT molecular complexity index is 525. The maximum atomic E-state index is 12.0. The van der Waals surface area contributed by atoms with Gasteiger partial charge in [0.1, 0.15) is 0 Å². The van der Waals surface area contributed by atoms with Gasteiger partial charge in [-0.3, -0.25) is 4.99 Å². The molecule has 1 aromatic rings. The molecule has 0 saturated carbocycles. The molecule has 1 rings (SSSR count). The standard InChI is InChI=1S/C15H22F3N3O2.HI/c1-19-14(20-9-5-4-8-15(16,17)18)21-11-6-7-12(22-2)13(10-11)23-3;/h6-7,10H,4-5,8-9H2,1-3H3,(H2,19,20,21);1H. The first kappa shape index (κ1) is 22.6. The second-order valence-electron chi connectivity index (χ2n) is 4.77. The molecule has 0 radical (unpaired) electrons. The van der Waals surface area contributed by atoms with E-state index < -0.39 is 12.6 Å². The number of anilines is 1. The number of hydrogen-bond acceptors (Lipinski definition) is 3. The third-order valence-corrected chi connectivity index (χ3v) is 3.05. The third-order valence-electron chi connectivity index (χ3n) is 3.05. The molecule has 2 N–H and O–H groups in total. The molecule has 0 unspecified atom stereocenters. The predicted octanol–water partition coefficient (Wildman–Crippen LogP) is 4.04. The summed E-state index contributed by atoms with van der Waals surface area (Å²) in [7, 11) is 4.67. The third kappa shape index (κ3) is 8.46. The lowest BCUT2D eigenvalue weighted by atomic mass is 10.2. The summed E-state index contributed by atoms with van der Waals surface area (Å²) in [6.45, 7) is 0.406. The second-order valence-corrected chi connectivity index (χ2v) is 4.77. The number of nitrogens with zero attached hydrogens (tertiary/aromatic N) is 1. The van der Waals surface area contributed by atoms with Crippen molar-refractivity contribution in [3.63, 3.8) is 0 Å². The molecule has 0 fully saturated rings. The van der Waals surface area contributed by atoms with Crippen LogP contribution >= 0.6 is 24.0 Å². The van der Waals surface area contributed by atoms with Gasteiger partial charge in [0.05, 0.1) is 14.2 Å². The molecule has 0 aliphatic heterocycles. The normalized spacial score (nSPS) is 11.5. The SMILES string of the molecule is CN=C(NCCCCC(F)(F)F)Nc1ccc(OC)c(OC)c1.I. The molecule has 1 aromatic carbocycles. The maximum absolute atomic E-state index is 12.0. The number of benzene rings is 1. The van der Waals surface area contributed by atoms with Gasteiger partial charge in [-0.05, 0) is 25.0 Å². The van der Waals surface area contributed by atoms with E-state index in [2.05, 4.69) is 15.6 Å². The summed E-state index contributed by atoms with van der Waals surface area (Å²) < 4.78 is 46.5. The predicted molar refractivity (Wildman–Crippen MR) is 99.9 cm³/mol. The number of methoxy groups -OCH3 is 2. The van der Waals surface area contributed by atoms with Crippen LogP contribution in [0.25, 0.3) is 0 Å². The number of aliphatic imine (C=N–C) groups is 1. The fraction of sp³-hybridized carbons (Fsp3) is 0.533. The summed E-state index contributed by atoms with van der Waals surface area (Å²) in [5.41, 5.74) is 0.728. The smallest absolute Gasteiger partial charge is 0.389 e. The number of unbranched alkanes of at least 4 members (excludes halogenated alkanes) is 1. The van der Waals surface area contributed by atoms with Crippen LogP contribution in [0.5, 0.6) is 11.5 Å². The molecule has 0 spiro atoms. The molecule has 0 aromatic heterocycles. The van der Waals surface area contributed by atoms with Gasteiger partial charge in [0.15, 0.2) is 17.5 Å².